The second-order valence-electron chi connectivity index (χ2n) is 6.32. The number of carbonyl (C=O) groups excluding carboxylic acids is 1. The number of hydrogen-bond acceptors (Lipinski definition) is 3. The summed E-state index contributed by atoms with van der Waals surface area (Å²) in [4.78, 5) is 12.0. The number of hydrogen-bond donors (Lipinski definition) is 1. The zero-order valence-corrected chi connectivity index (χ0v) is 14.0. The summed E-state index contributed by atoms with van der Waals surface area (Å²) in [6.45, 7) is 3.21. The molecule has 0 fully saturated rings. The molecule has 0 atom stereocenters. The molecule has 0 unspecified atom stereocenters. The van der Waals surface area contributed by atoms with Crippen molar-refractivity contribution in [2.75, 3.05) is 6.54 Å². The van der Waals surface area contributed by atoms with Gasteiger partial charge in [0.05, 0.1) is 0 Å². The highest BCUT2D eigenvalue weighted by molar-refractivity contribution is 5.94. The van der Waals surface area contributed by atoms with Crippen LogP contribution in [0.15, 0.2) is 18.2 Å². The van der Waals surface area contributed by atoms with Gasteiger partial charge >= 0.3 is 0 Å². The number of aryl methyl sites for hydroxylation is 3. The van der Waals surface area contributed by atoms with Crippen molar-refractivity contribution in [2.45, 2.75) is 52.0 Å². The Balaban J connectivity index is 1.49. The van der Waals surface area contributed by atoms with Crippen molar-refractivity contribution in [1.82, 2.24) is 20.1 Å². The van der Waals surface area contributed by atoms with Crippen LogP contribution >= 0.6 is 0 Å². The van der Waals surface area contributed by atoms with Gasteiger partial charge in [-0.25, -0.2) is 4.39 Å². The van der Waals surface area contributed by atoms with Gasteiger partial charge in [-0.2, -0.15) is 0 Å². The number of rotatable bonds is 5. The summed E-state index contributed by atoms with van der Waals surface area (Å²) in [5, 5.41) is 11.4. The molecule has 0 radical (unpaired) electrons. The predicted molar refractivity (Wildman–Crippen MR) is 89.4 cm³/mol. The van der Waals surface area contributed by atoms with Crippen molar-refractivity contribution in [2.24, 2.45) is 0 Å². The number of aromatic nitrogens is 3. The van der Waals surface area contributed by atoms with Crippen LogP contribution in [-0.4, -0.2) is 27.2 Å². The Bertz CT molecular complexity index is 726. The van der Waals surface area contributed by atoms with E-state index in [1.165, 1.54) is 25.3 Å². The standard InChI is InChI=1S/C18H23FN4O/c1-13-8-9-14(12-15(13)19)18(24)20-10-5-7-17-22-21-16-6-3-2-4-11-23(16)17/h8-9,12H,2-7,10-11H2,1H3,(H,20,24). The normalized spacial score (nSPS) is 14.1. The van der Waals surface area contributed by atoms with Crippen molar-refractivity contribution in [1.29, 1.82) is 0 Å². The minimum atomic E-state index is -0.353. The highest BCUT2D eigenvalue weighted by Crippen LogP contribution is 2.15. The molecule has 1 aliphatic rings. The Hall–Kier alpha value is -2.24. The number of amides is 1. The lowest BCUT2D eigenvalue weighted by Gasteiger charge is -2.08. The molecule has 1 amide bonds. The molecule has 0 aliphatic carbocycles. The number of nitrogens with zero attached hydrogens (tertiary/aromatic N) is 3. The maximum atomic E-state index is 13.5. The van der Waals surface area contributed by atoms with E-state index in [2.05, 4.69) is 20.1 Å². The third-order valence-electron chi connectivity index (χ3n) is 4.48. The van der Waals surface area contributed by atoms with Crippen molar-refractivity contribution in [3.05, 3.63) is 46.8 Å². The summed E-state index contributed by atoms with van der Waals surface area (Å²) in [6.07, 6.45) is 6.18. The van der Waals surface area contributed by atoms with E-state index in [0.717, 1.165) is 37.5 Å². The molecule has 6 heteroatoms. The minimum Gasteiger partial charge on any atom is -0.352 e. The number of fused-ring (bicyclic) bond motifs is 1. The molecular weight excluding hydrogens is 307 g/mol. The fourth-order valence-electron chi connectivity index (χ4n) is 3.01. The molecule has 2 heterocycles. The molecular formula is C18H23FN4O. The van der Waals surface area contributed by atoms with Gasteiger partial charge in [0.25, 0.3) is 5.91 Å². The monoisotopic (exact) mass is 330 g/mol. The first-order valence-electron chi connectivity index (χ1n) is 8.60. The molecule has 1 aliphatic heterocycles. The Morgan fingerprint density at radius 3 is 3.00 bits per heavy atom. The van der Waals surface area contributed by atoms with Gasteiger partial charge in [-0.15, -0.1) is 10.2 Å². The number of halogens is 1. The van der Waals surface area contributed by atoms with Gasteiger partial charge in [-0.1, -0.05) is 12.5 Å². The largest absolute Gasteiger partial charge is 0.352 e. The second-order valence-corrected chi connectivity index (χ2v) is 6.32. The molecule has 24 heavy (non-hydrogen) atoms. The average Bonchev–Trinajstić information content (AvgIpc) is 2.80. The molecule has 0 saturated heterocycles. The first-order chi connectivity index (χ1) is 11.6. The minimum absolute atomic E-state index is 0.242. The molecule has 0 saturated carbocycles. The zero-order valence-electron chi connectivity index (χ0n) is 14.0. The van der Waals surface area contributed by atoms with Crippen LogP contribution in [-0.2, 0) is 19.4 Å². The Morgan fingerprint density at radius 2 is 2.17 bits per heavy atom. The Kier molecular flexibility index (Phi) is 5.23. The van der Waals surface area contributed by atoms with E-state index < -0.39 is 0 Å². The summed E-state index contributed by atoms with van der Waals surface area (Å²) < 4.78 is 15.7. The van der Waals surface area contributed by atoms with Crippen LogP contribution < -0.4 is 5.32 Å². The van der Waals surface area contributed by atoms with Crippen LogP contribution in [0.2, 0.25) is 0 Å². The predicted octanol–water partition coefficient (Wildman–Crippen LogP) is 2.81. The molecule has 1 N–H and O–H groups in total. The molecule has 2 aromatic rings. The smallest absolute Gasteiger partial charge is 0.251 e. The van der Waals surface area contributed by atoms with Crippen LogP contribution in [0.4, 0.5) is 4.39 Å². The SMILES string of the molecule is Cc1ccc(C(=O)NCCCc2nnc3n2CCCCC3)cc1F. The van der Waals surface area contributed by atoms with Gasteiger partial charge in [-0.3, -0.25) is 4.79 Å². The van der Waals surface area contributed by atoms with E-state index in [1.54, 1.807) is 19.1 Å². The molecule has 5 nitrogen and oxygen atoms in total. The fraction of sp³-hybridized carbons (Fsp3) is 0.500. The second kappa shape index (κ2) is 7.55. The van der Waals surface area contributed by atoms with Gasteiger partial charge < -0.3 is 9.88 Å². The quantitative estimate of drug-likeness (QED) is 0.858. The topological polar surface area (TPSA) is 59.8 Å². The van der Waals surface area contributed by atoms with Crippen LogP contribution in [0.25, 0.3) is 0 Å². The van der Waals surface area contributed by atoms with Crippen molar-refractivity contribution in [3.63, 3.8) is 0 Å². The maximum Gasteiger partial charge on any atom is 0.251 e. The van der Waals surface area contributed by atoms with E-state index in [4.69, 9.17) is 0 Å². The lowest BCUT2D eigenvalue weighted by molar-refractivity contribution is 0.0952. The van der Waals surface area contributed by atoms with Gasteiger partial charge in [-0.05, 0) is 43.9 Å². The van der Waals surface area contributed by atoms with E-state index >= 15 is 0 Å². The van der Waals surface area contributed by atoms with Gasteiger partial charge in [0.15, 0.2) is 0 Å². The summed E-state index contributed by atoms with van der Waals surface area (Å²) in [5.74, 6) is 1.49. The summed E-state index contributed by atoms with van der Waals surface area (Å²) >= 11 is 0. The highest BCUT2D eigenvalue weighted by atomic mass is 19.1. The highest BCUT2D eigenvalue weighted by Gasteiger charge is 2.14. The Labute approximate surface area is 141 Å². The first kappa shape index (κ1) is 16.6. The van der Waals surface area contributed by atoms with Gasteiger partial charge in [0.1, 0.15) is 17.5 Å². The zero-order chi connectivity index (χ0) is 16.9. The van der Waals surface area contributed by atoms with E-state index in [-0.39, 0.29) is 11.7 Å². The number of nitrogens with one attached hydrogen (secondary N) is 1. The lowest BCUT2D eigenvalue weighted by atomic mass is 10.1. The molecule has 0 bridgehead atoms. The molecule has 0 spiro atoms. The van der Waals surface area contributed by atoms with E-state index in [9.17, 15) is 9.18 Å². The molecule has 3 rings (SSSR count). The summed E-state index contributed by atoms with van der Waals surface area (Å²) in [6, 6.07) is 4.55. The average molecular weight is 330 g/mol. The Morgan fingerprint density at radius 1 is 1.29 bits per heavy atom. The fourth-order valence-corrected chi connectivity index (χ4v) is 3.01. The van der Waals surface area contributed by atoms with Crippen LogP contribution in [0.1, 0.15) is 53.3 Å². The van der Waals surface area contributed by atoms with Crippen LogP contribution in [0.3, 0.4) is 0 Å². The maximum absolute atomic E-state index is 13.5. The molecule has 1 aromatic carbocycles. The van der Waals surface area contributed by atoms with E-state index in [1.807, 2.05) is 0 Å². The third kappa shape index (κ3) is 3.80. The van der Waals surface area contributed by atoms with Gasteiger partial charge in [0, 0.05) is 31.5 Å². The lowest BCUT2D eigenvalue weighted by Crippen LogP contribution is -2.25. The van der Waals surface area contributed by atoms with Crippen LogP contribution in [0, 0.1) is 12.7 Å². The summed E-state index contributed by atoms with van der Waals surface area (Å²) in [7, 11) is 0. The van der Waals surface area contributed by atoms with Gasteiger partial charge in [0.2, 0.25) is 0 Å². The van der Waals surface area contributed by atoms with Crippen molar-refractivity contribution >= 4 is 5.91 Å². The number of benzene rings is 1. The molecule has 1 aromatic heterocycles. The van der Waals surface area contributed by atoms with Crippen molar-refractivity contribution < 1.29 is 9.18 Å². The van der Waals surface area contributed by atoms with Crippen molar-refractivity contribution in [3.8, 4) is 0 Å². The number of carbonyl (C=O) groups is 1. The first-order valence-corrected chi connectivity index (χ1v) is 8.60. The summed E-state index contributed by atoms with van der Waals surface area (Å²) in [5.41, 5.74) is 0.897. The molecule has 128 valence electrons. The third-order valence-corrected chi connectivity index (χ3v) is 4.48. The van der Waals surface area contributed by atoms with E-state index in [0.29, 0.717) is 17.7 Å². The van der Waals surface area contributed by atoms with Crippen LogP contribution in [0.5, 0.6) is 0 Å².